The average Bonchev–Trinajstić information content (AvgIpc) is 3.29. The van der Waals surface area contributed by atoms with Crippen LogP contribution < -0.4 is 24.4 Å². The first-order valence-corrected chi connectivity index (χ1v) is 10.6. The first-order valence-electron chi connectivity index (χ1n) is 10.2. The second kappa shape index (κ2) is 8.30. The molecule has 2 aliphatic rings. The molecule has 5 rings (SSSR count). The van der Waals surface area contributed by atoms with E-state index in [9.17, 15) is 0 Å². The molecule has 2 aliphatic heterocycles. The van der Waals surface area contributed by atoms with Gasteiger partial charge >= 0.3 is 0 Å². The zero-order valence-electron chi connectivity index (χ0n) is 18.0. The number of hydrazine groups is 1. The minimum atomic E-state index is -0.388. The summed E-state index contributed by atoms with van der Waals surface area (Å²) in [5.74, 6) is 2.93. The maximum atomic E-state index is 6.44. The largest absolute Gasteiger partial charge is 0.497 e. The molecule has 0 saturated heterocycles. The van der Waals surface area contributed by atoms with Gasteiger partial charge in [0.15, 0.2) is 17.7 Å². The summed E-state index contributed by atoms with van der Waals surface area (Å²) in [5, 5.41) is 2.75. The van der Waals surface area contributed by atoms with Crippen molar-refractivity contribution in [3.05, 3.63) is 88.5 Å². The summed E-state index contributed by atoms with van der Waals surface area (Å²) in [5.41, 5.74) is 7.51. The highest BCUT2D eigenvalue weighted by Crippen LogP contribution is 2.47. The minimum absolute atomic E-state index is 0.0624. The maximum Gasteiger partial charge on any atom is 0.196 e. The molecule has 0 aliphatic carbocycles. The van der Waals surface area contributed by atoms with Crippen LogP contribution in [0.4, 0.5) is 0 Å². The Morgan fingerprint density at radius 3 is 2.38 bits per heavy atom. The smallest absolute Gasteiger partial charge is 0.196 e. The van der Waals surface area contributed by atoms with E-state index in [2.05, 4.69) is 16.5 Å². The molecule has 0 radical (unpaired) electrons. The number of ether oxygens (including phenoxy) is 4. The molecular formula is C25H23ClN2O4. The van der Waals surface area contributed by atoms with Crippen LogP contribution in [0.5, 0.6) is 23.0 Å². The Labute approximate surface area is 191 Å². The lowest BCUT2D eigenvalue weighted by atomic mass is 10.0. The molecule has 2 atom stereocenters. The maximum absolute atomic E-state index is 6.44. The molecule has 0 fully saturated rings. The third-order valence-electron chi connectivity index (χ3n) is 5.75. The van der Waals surface area contributed by atoms with Gasteiger partial charge in [-0.05, 0) is 72.3 Å². The fourth-order valence-electron chi connectivity index (χ4n) is 4.13. The standard InChI is InChI=1S/C25H23ClN2O4/c1-29-18-8-4-15(5-9-18)20-14-21-19-13-17(26)7-11-22(19)32-25(28(21)27-20)16-6-10-23(30-2)24(12-16)31-3/h4-14,21,25,27H,1-3H3. The van der Waals surface area contributed by atoms with Crippen molar-refractivity contribution in [2.75, 3.05) is 21.3 Å². The minimum Gasteiger partial charge on any atom is -0.497 e. The lowest BCUT2D eigenvalue weighted by Gasteiger charge is -2.39. The third-order valence-corrected chi connectivity index (χ3v) is 5.98. The molecule has 6 nitrogen and oxygen atoms in total. The van der Waals surface area contributed by atoms with E-state index in [1.807, 2.05) is 60.7 Å². The molecule has 32 heavy (non-hydrogen) atoms. The second-order valence-electron chi connectivity index (χ2n) is 7.54. The normalized spacial score (nSPS) is 19.2. The second-order valence-corrected chi connectivity index (χ2v) is 7.98. The molecule has 7 heteroatoms. The van der Waals surface area contributed by atoms with Crippen molar-refractivity contribution in [3.8, 4) is 23.0 Å². The lowest BCUT2D eigenvalue weighted by molar-refractivity contribution is -0.0327. The Hall–Kier alpha value is -3.35. The SMILES string of the molecule is COc1ccc(C2=CC3c4cc(Cl)ccc4OC(c4ccc(OC)c(OC)c4)N3N2)cc1. The fraction of sp³-hybridized carbons (Fsp3) is 0.200. The van der Waals surface area contributed by atoms with Crippen molar-refractivity contribution in [1.82, 2.24) is 10.4 Å². The van der Waals surface area contributed by atoms with Gasteiger partial charge in [0.25, 0.3) is 0 Å². The molecule has 164 valence electrons. The van der Waals surface area contributed by atoms with Crippen LogP contribution in [-0.4, -0.2) is 26.3 Å². The Balaban J connectivity index is 1.56. The van der Waals surface area contributed by atoms with E-state index in [0.29, 0.717) is 16.5 Å². The number of hydrogen-bond donors (Lipinski definition) is 1. The number of methoxy groups -OCH3 is 3. The fourth-order valence-corrected chi connectivity index (χ4v) is 4.31. The van der Waals surface area contributed by atoms with Gasteiger partial charge in [0.2, 0.25) is 0 Å². The van der Waals surface area contributed by atoms with Crippen molar-refractivity contribution < 1.29 is 18.9 Å². The van der Waals surface area contributed by atoms with E-state index in [4.69, 9.17) is 30.5 Å². The van der Waals surface area contributed by atoms with Crippen LogP contribution in [0.15, 0.2) is 66.7 Å². The predicted octanol–water partition coefficient (Wildman–Crippen LogP) is 5.36. The van der Waals surface area contributed by atoms with Crippen molar-refractivity contribution in [2.45, 2.75) is 12.3 Å². The van der Waals surface area contributed by atoms with Crippen molar-refractivity contribution in [1.29, 1.82) is 0 Å². The molecule has 2 unspecified atom stereocenters. The molecule has 0 bridgehead atoms. The molecule has 0 spiro atoms. The molecule has 0 amide bonds. The summed E-state index contributed by atoms with van der Waals surface area (Å²) in [4.78, 5) is 0. The number of benzene rings is 3. The number of nitrogens with zero attached hydrogens (tertiary/aromatic N) is 1. The molecule has 3 aromatic carbocycles. The number of rotatable bonds is 5. The van der Waals surface area contributed by atoms with E-state index < -0.39 is 0 Å². The van der Waals surface area contributed by atoms with Crippen LogP contribution in [0.2, 0.25) is 5.02 Å². The summed E-state index contributed by atoms with van der Waals surface area (Å²) in [6.45, 7) is 0. The molecular weight excluding hydrogens is 428 g/mol. The van der Waals surface area contributed by atoms with Crippen LogP contribution in [0.25, 0.3) is 5.70 Å². The van der Waals surface area contributed by atoms with E-state index in [-0.39, 0.29) is 12.3 Å². The van der Waals surface area contributed by atoms with Crippen molar-refractivity contribution in [3.63, 3.8) is 0 Å². The summed E-state index contributed by atoms with van der Waals surface area (Å²) < 4.78 is 22.6. The van der Waals surface area contributed by atoms with Crippen LogP contribution in [-0.2, 0) is 0 Å². The highest BCUT2D eigenvalue weighted by Gasteiger charge is 2.40. The summed E-state index contributed by atoms with van der Waals surface area (Å²) >= 11 is 6.32. The van der Waals surface area contributed by atoms with Gasteiger partial charge in [-0.15, -0.1) is 0 Å². The summed E-state index contributed by atoms with van der Waals surface area (Å²) in [6.07, 6.45) is 1.80. The van der Waals surface area contributed by atoms with Crippen LogP contribution in [0, 0.1) is 0 Å². The average molecular weight is 451 g/mol. The van der Waals surface area contributed by atoms with Gasteiger partial charge in [-0.25, -0.2) is 0 Å². The summed E-state index contributed by atoms with van der Waals surface area (Å²) in [6, 6.07) is 19.4. The molecule has 0 saturated carbocycles. The van der Waals surface area contributed by atoms with E-state index in [1.165, 1.54) is 0 Å². The van der Waals surface area contributed by atoms with Crippen molar-refractivity contribution >= 4 is 17.3 Å². The quantitative estimate of drug-likeness (QED) is 0.564. The van der Waals surface area contributed by atoms with Gasteiger partial charge in [0, 0.05) is 16.1 Å². The lowest BCUT2D eigenvalue weighted by Crippen LogP contribution is -2.43. The molecule has 3 aromatic rings. The van der Waals surface area contributed by atoms with Crippen LogP contribution in [0.1, 0.15) is 29.0 Å². The van der Waals surface area contributed by atoms with E-state index in [1.54, 1.807) is 21.3 Å². The van der Waals surface area contributed by atoms with Gasteiger partial charge in [-0.2, -0.15) is 5.01 Å². The number of nitrogens with one attached hydrogen (secondary N) is 1. The first-order chi connectivity index (χ1) is 15.6. The van der Waals surface area contributed by atoms with E-state index >= 15 is 0 Å². The third kappa shape index (κ3) is 3.51. The van der Waals surface area contributed by atoms with Gasteiger partial charge in [-0.3, -0.25) is 0 Å². The highest BCUT2D eigenvalue weighted by molar-refractivity contribution is 6.30. The Bertz CT molecular complexity index is 1180. The predicted molar refractivity (Wildman–Crippen MR) is 123 cm³/mol. The van der Waals surface area contributed by atoms with Gasteiger partial charge in [0.05, 0.1) is 33.1 Å². The number of fused-ring (bicyclic) bond motifs is 3. The van der Waals surface area contributed by atoms with Gasteiger partial charge < -0.3 is 24.4 Å². The molecule has 1 N–H and O–H groups in total. The van der Waals surface area contributed by atoms with Gasteiger partial charge in [0.1, 0.15) is 11.5 Å². The first kappa shape index (κ1) is 20.5. The van der Waals surface area contributed by atoms with E-state index in [0.717, 1.165) is 33.9 Å². The monoisotopic (exact) mass is 450 g/mol. The highest BCUT2D eigenvalue weighted by atomic mass is 35.5. The Morgan fingerprint density at radius 2 is 1.66 bits per heavy atom. The summed E-state index contributed by atoms with van der Waals surface area (Å²) in [7, 11) is 4.91. The Kier molecular flexibility index (Phi) is 5.33. The zero-order valence-corrected chi connectivity index (χ0v) is 18.7. The topological polar surface area (TPSA) is 52.2 Å². The Morgan fingerprint density at radius 1 is 0.875 bits per heavy atom. The number of halogens is 1. The van der Waals surface area contributed by atoms with Gasteiger partial charge in [-0.1, -0.05) is 11.6 Å². The zero-order chi connectivity index (χ0) is 22.2. The number of hydrogen-bond acceptors (Lipinski definition) is 6. The molecule has 0 aromatic heterocycles. The van der Waals surface area contributed by atoms with Crippen LogP contribution >= 0.6 is 11.6 Å². The molecule has 2 heterocycles. The van der Waals surface area contributed by atoms with Crippen molar-refractivity contribution in [2.24, 2.45) is 0 Å². The van der Waals surface area contributed by atoms with Crippen LogP contribution in [0.3, 0.4) is 0 Å².